The first-order valence-electron chi connectivity index (χ1n) is 4.19. The van der Waals surface area contributed by atoms with Gasteiger partial charge < -0.3 is 5.11 Å². The lowest BCUT2D eigenvalue weighted by atomic mass is 10.5. The lowest BCUT2D eigenvalue weighted by Crippen LogP contribution is -1.58. The minimum absolute atomic E-state index is 0.250. The Balaban J connectivity index is 0.000000210. The van der Waals surface area contributed by atoms with E-state index < -0.39 is 0 Å². The number of carbonyl (C=O) groups is 1. The lowest BCUT2D eigenvalue weighted by Gasteiger charge is -1.70. The topological polar surface area (TPSA) is 63.1 Å². The van der Waals surface area contributed by atoms with E-state index in [4.69, 9.17) is 9.90 Å². The molecular weight excluding hydrogens is 192 g/mol. The van der Waals surface area contributed by atoms with Gasteiger partial charge in [0.1, 0.15) is 0 Å². The highest BCUT2D eigenvalue weighted by atomic mass is 16.3. The summed E-state index contributed by atoms with van der Waals surface area (Å²) in [5, 5.41) is 6.89. The van der Waals surface area contributed by atoms with Crippen molar-refractivity contribution in [2.24, 2.45) is 0 Å². The number of nitrogens with zero attached hydrogens (tertiary/aromatic N) is 2. The van der Waals surface area contributed by atoms with Gasteiger partial charge in [0.2, 0.25) is 0 Å². The van der Waals surface area contributed by atoms with Gasteiger partial charge in [0.25, 0.3) is 6.47 Å². The van der Waals surface area contributed by atoms with Gasteiger partial charge in [0.15, 0.2) is 0 Å². The fourth-order valence-corrected chi connectivity index (χ4v) is 0.625. The standard InChI is InChI=1S/2C5H5N.CH2O2/c2*1-2-4-6-5-3-1;2-1-3/h2*1-5H;1H,(H,2,3). The Hall–Kier alpha value is -2.23. The maximum absolute atomic E-state index is 8.36. The van der Waals surface area contributed by atoms with Crippen LogP contribution in [0.3, 0.4) is 0 Å². The zero-order chi connectivity index (χ0) is 11.2. The maximum atomic E-state index is 8.36. The molecule has 0 radical (unpaired) electrons. The maximum Gasteiger partial charge on any atom is 0.290 e. The minimum Gasteiger partial charge on any atom is -0.483 e. The third-order valence-corrected chi connectivity index (χ3v) is 1.13. The number of rotatable bonds is 0. The van der Waals surface area contributed by atoms with Crippen molar-refractivity contribution in [3.05, 3.63) is 61.2 Å². The van der Waals surface area contributed by atoms with Crippen LogP contribution < -0.4 is 0 Å². The smallest absolute Gasteiger partial charge is 0.290 e. The molecule has 4 heteroatoms. The number of hydrogen-bond acceptors (Lipinski definition) is 3. The summed E-state index contributed by atoms with van der Waals surface area (Å²) in [4.78, 5) is 15.9. The van der Waals surface area contributed by atoms with Crippen LogP contribution >= 0.6 is 0 Å². The molecule has 2 rings (SSSR count). The van der Waals surface area contributed by atoms with Gasteiger partial charge in [-0.1, -0.05) is 12.1 Å². The number of aromatic nitrogens is 2. The van der Waals surface area contributed by atoms with E-state index in [2.05, 4.69) is 9.97 Å². The molecule has 2 aromatic heterocycles. The first kappa shape index (κ1) is 12.8. The summed E-state index contributed by atoms with van der Waals surface area (Å²) in [5.74, 6) is 0. The molecule has 2 heterocycles. The van der Waals surface area contributed by atoms with Gasteiger partial charge in [-0.05, 0) is 24.3 Å². The third kappa shape index (κ3) is 11.8. The summed E-state index contributed by atoms with van der Waals surface area (Å²) in [5.41, 5.74) is 0. The number of carboxylic acid groups (broad SMARTS) is 1. The molecule has 15 heavy (non-hydrogen) atoms. The molecule has 78 valence electrons. The molecule has 0 fully saturated rings. The summed E-state index contributed by atoms with van der Waals surface area (Å²) < 4.78 is 0. The highest BCUT2D eigenvalue weighted by molar-refractivity contribution is 5.32. The Morgan fingerprint density at radius 3 is 1.07 bits per heavy atom. The van der Waals surface area contributed by atoms with Crippen molar-refractivity contribution < 1.29 is 9.90 Å². The molecule has 0 aromatic carbocycles. The van der Waals surface area contributed by atoms with Crippen molar-refractivity contribution in [2.75, 3.05) is 0 Å². The van der Waals surface area contributed by atoms with Crippen LogP contribution in [0.2, 0.25) is 0 Å². The molecule has 2 aromatic rings. The Kier molecular flexibility index (Phi) is 10.0. The average Bonchev–Trinajstić information content (AvgIpc) is 2.35. The Bertz CT molecular complexity index is 229. The van der Waals surface area contributed by atoms with Crippen molar-refractivity contribution in [3.8, 4) is 0 Å². The molecule has 0 spiro atoms. The van der Waals surface area contributed by atoms with Gasteiger partial charge in [-0.25, -0.2) is 0 Å². The van der Waals surface area contributed by atoms with Crippen LogP contribution in [-0.2, 0) is 4.79 Å². The van der Waals surface area contributed by atoms with E-state index in [0.29, 0.717) is 0 Å². The van der Waals surface area contributed by atoms with Crippen LogP contribution in [0.15, 0.2) is 61.2 Å². The zero-order valence-electron chi connectivity index (χ0n) is 8.10. The van der Waals surface area contributed by atoms with Crippen LogP contribution in [0.4, 0.5) is 0 Å². The highest BCUT2D eigenvalue weighted by Gasteiger charge is 1.59. The van der Waals surface area contributed by atoms with Crippen LogP contribution in [0, 0.1) is 0 Å². The monoisotopic (exact) mass is 204 g/mol. The molecule has 0 saturated carbocycles. The Labute approximate surface area is 88.3 Å². The van der Waals surface area contributed by atoms with Gasteiger partial charge in [-0.2, -0.15) is 0 Å². The molecule has 0 aliphatic heterocycles. The first-order valence-corrected chi connectivity index (χ1v) is 4.19. The van der Waals surface area contributed by atoms with Crippen LogP contribution in [0.25, 0.3) is 0 Å². The number of pyridine rings is 2. The molecule has 0 bridgehead atoms. The lowest BCUT2D eigenvalue weighted by molar-refractivity contribution is -0.122. The largest absolute Gasteiger partial charge is 0.483 e. The fraction of sp³-hybridized carbons (Fsp3) is 0. The average molecular weight is 204 g/mol. The molecule has 0 unspecified atom stereocenters. The summed E-state index contributed by atoms with van der Waals surface area (Å²) in [6, 6.07) is 11.4. The molecule has 0 aliphatic carbocycles. The van der Waals surface area contributed by atoms with Gasteiger partial charge in [0, 0.05) is 24.8 Å². The fourth-order valence-electron chi connectivity index (χ4n) is 0.625. The van der Waals surface area contributed by atoms with E-state index >= 15 is 0 Å². The normalized spacial score (nSPS) is 7.20. The quantitative estimate of drug-likeness (QED) is 0.665. The van der Waals surface area contributed by atoms with Gasteiger partial charge in [-0.3, -0.25) is 14.8 Å². The second kappa shape index (κ2) is 11.8. The summed E-state index contributed by atoms with van der Waals surface area (Å²) in [6.45, 7) is -0.250. The van der Waals surface area contributed by atoms with E-state index in [9.17, 15) is 0 Å². The Morgan fingerprint density at radius 1 is 0.733 bits per heavy atom. The van der Waals surface area contributed by atoms with Crippen LogP contribution in [-0.4, -0.2) is 21.5 Å². The van der Waals surface area contributed by atoms with Crippen LogP contribution in [0.5, 0.6) is 0 Å². The summed E-state index contributed by atoms with van der Waals surface area (Å²) in [7, 11) is 0. The van der Waals surface area contributed by atoms with Crippen molar-refractivity contribution in [3.63, 3.8) is 0 Å². The highest BCUT2D eigenvalue weighted by Crippen LogP contribution is 1.74. The molecule has 4 nitrogen and oxygen atoms in total. The second-order valence-electron chi connectivity index (χ2n) is 2.15. The third-order valence-electron chi connectivity index (χ3n) is 1.13. The van der Waals surface area contributed by atoms with Crippen molar-refractivity contribution in [2.45, 2.75) is 0 Å². The predicted molar refractivity (Wildman–Crippen MR) is 57.2 cm³/mol. The molecule has 0 atom stereocenters. The SMILES string of the molecule is O=CO.c1ccncc1.c1ccncc1. The molecule has 1 N–H and O–H groups in total. The molecule has 0 saturated heterocycles. The summed E-state index contributed by atoms with van der Waals surface area (Å²) in [6.07, 6.45) is 7.00. The zero-order valence-corrected chi connectivity index (χ0v) is 8.10. The summed E-state index contributed by atoms with van der Waals surface area (Å²) >= 11 is 0. The van der Waals surface area contributed by atoms with Crippen molar-refractivity contribution in [1.82, 2.24) is 9.97 Å². The van der Waals surface area contributed by atoms with Gasteiger partial charge in [0.05, 0.1) is 0 Å². The van der Waals surface area contributed by atoms with E-state index in [1.807, 2.05) is 36.4 Å². The minimum atomic E-state index is -0.250. The van der Waals surface area contributed by atoms with E-state index in [1.54, 1.807) is 24.8 Å². The van der Waals surface area contributed by atoms with Gasteiger partial charge >= 0.3 is 0 Å². The van der Waals surface area contributed by atoms with Gasteiger partial charge in [-0.15, -0.1) is 0 Å². The molecule has 0 amide bonds. The molecule has 0 aliphatic rings. The molecular formula is C11H12N2O2. The first-order chi connectivity index (χ1) is 7.41. The van der Waals surface area contributed by atoms with Crippen LogP contribution in [0.1, 0.15) is 0 Å². The van der Waals surface area contributed by atoms with E-state index in [1.165, 1.54) is 0 Å². The van der Waals surface area contributed by atoms with Crippen molar-refractivity contribution in [1.29, 1.82) is 0 Å². The van der Waals surface area contributed by atoms with E-state index in [-0.39, 0.29) is 6.47 Å². The predicted octanol–water partition coefficient (Wildman–Crippen LogP) is 1.86. The number of hydrogen-bond donors (Lipinski definition) is 1. The Morgan fingerprint density at radius 2 is 1.00 bits per heavy atom. The van der Waals surface area contributed by atoms with Crippen molar-refractivity contribution >= 4 is 6.47 Å². The second-order valence-corrected chi connectivity index (χ2v) is 2.15. The van der Waals surface area contributed by atoms with E-state index in [0.717, 1.165) is 0 Å².